The quantitative estimate of drug-likeness (QED) is 0.810. The Balaban J connectivity index is 1.89. The molecule has 0 fully saturated rings. The van der Waals surface area contributed by atoms with Crippen molar-refractivity contribution in [1.29, 1.82) is 0 Å². The molecule has 2 aromatic rings. The molecule has 0 radical (unpaired) electrons. The summed E-state index contributed by atoms with van der Waals surface area (Å²) in [7, 11) is 0. The molecule has 1 amide bonds. The van der Waals surface area contributed by atoms with Crippen LogP contribution in [-0.4, -0.2) is 5.91 Å². The lowest BCUT2D eigenvalue weighted by atomic mass is 10.1. The summed E-state index contributed by atoms with van der Waals surface area (Å²) in [6.07, 6.45) is 1.28. The van der Waals surface area contributed by atoms with Gasteiger partial charge in [-0.15, -0.1) is 0 Å². The molecule has 0 aliphatic heterocycles. The van der Waals surface area contributed by atoms with Crippen molar-refractivity contribution in [1.82, 2.24) is 0 Å². The third-order valence-corrected chi connectivity index (χ3v) is 4.10. The summed E-state index contributed by atoms with van der Waals surface area (Å²) in [5.41, 5.74) is 3.28. The standard InChI is InChI=1S/C16H16INO/c1-12-7-9-14(11-15(12)17)18-16(19)10-8-13-5-3-2-4-6-13/h2-7,9,11H,8,10H2,1H3,(H,18,19). The number of hydrogen-bond acceptors (Lipinski definition) is 1. The Kier molecular flexibility index (Phi) is 4.96. The van der Waals surface area contributed by atoms with Gasteiger partial charge in [-0.3, -0.25) is 4.79 Å². The summed E-state index contributed by atoms with van der Waals surface area (Å²) in [5, 5.41) is 2.94. The fraction of sp³-hybridized carbons (Fsp3) is 0.188. The SMILES string of the molecule is Cc1ccc(NC(=O)CCc2ccccc2)cc1I. The van der Waals surface area contributed by atoms with Crippen LogP contribution < -0.4 is 5.32 Å². The number of anilines is 1. The van der Waals surface area contributed by atoms with Crippen LogP contribution in [0.2, 0.25) is 0 Å². The predicted molar refractivity (Wildman–Crippen MR) is 87.3 cm³/mol. The summed E-state index contributed by atoms with van der Waals surface area (Å²) in [6.45, 7) is 2.06. The van der Waals surface area contributed by atoms with Crippen molar-refractivity contribution >= 4 is 34.2 Å². The van der Waals surface area contributed by atoms with Crippen LogP contribution in [0.1, 0.15) is 17.5 Å². The van der Waals surface area contributed by atoms with Crippen molar-refractivity contribution in [3.8, 4) is 0 Å². The van der Waals surface area contributed by atoms with Gasteiger partial charge in [0.05, 0.1) is 0 Å². The van der Waals surface area contributed by atoms with Crippen molar-refractivity contribution in [2.24, 2.45) is 0 Å². The molecule has 0 aliphatic carbocycles. The molecule has 0 atom stereocenters. The minimum absolute atomic E-state index is 0.0588. The second-order valence-corrected chi connectivity index (χ2v) is 5.66. The van der Waals surface area contributed by atoms with Gasteiger partial charge in [-0.05, 0) is 59.2 Å². The summed E-state index contributed by atoms with van der Waals surface area (Å²) in [4.78, 5) is 11.9. The number of carbonyl (C=O) groups excluding carboxylic acids is 1. The Hall–Kier alpha value is -1.36. The fourth-order valence-corrected chi connectivity index (χ4v) is 2.31. The first-order chi connectivity index (χ1) is 9.15. The largest absolute Gasteiger partial charge is 0.326 e. The maximum Gasteiger partial charge on any atom is 0.224 e. The van der Waals surface area contributed by atoms with Gasteiger partial charge >= 0.3 is 0 Å². The number of amides is 1. The Morgan fingerprint density at radius 3 is 2.58 bits per heavy atom. The van der Waals surface area contributed by atoms with Crippen LogP contribution in [0.4, 0.5) is 5.69 Å². The van der Waals surface area contributed by atoms with Crippen LogP contribution in [-0.2, 0) is 11.2 Å². The van der Waals surface area contributed by atoms with Crippen LogP contribution in [0, 0.1) is 10.5 Å². The van der Waals surface area contributed by atoms with Crippen LogP contribution in [0.25, 0.3) is 0 Å². The normalized spacial score (nSPS) is 10.2. The van der Waals surface area contributed by atoms with Gasteiger partial charge in [0.15, 0.2) is 0 Å². The lowest BCUT2D eigenvalue weighted by Crippen LogP contribution is -2.12. The predicted octanol–water partition coefficient (Wildman–Crippen LogP) is 4.17. The highest BCUT2D eigenvalue weighted by Crippen LogP contribution is 2.17. The second kappa shape index (κ2) is 6.70. The van der Waals surface area contributed by atoms with E-state index in [2.05, 4.69) is 34.8 Å². The molecule has 2 rings (SSSR count). The highest BCUT2D eigenvalue weighted by atomic mass is 127. The van der Waals surface area contributed by atoms with E-state index in [9.17, 15) is 4.79 Å². The molecule has 1 N–H and O–H groups in total. The van der Waals surface area contributed by atoms with E-state index < -0.39 is 0 Å². The van der Waals surface area contributed by atoms with Crippen LogP contribution in [0.5, 0.6) is 0 Å². The van der Waals surface area contributed by atoms with Gasteiger partial charge in [0.2, 0.25) is 5.91 Å². The molecular weight excluding hydrogens is 349 g/mol. The minimum atomic E-state index is 0.0588. The Labute approximate surface area is 127 Å². The smallest absolute Gasteiger partial charge is 0.224 e. The molecule has 19 heavy (non-hydrogen) atoms. The molecule has 0 unspecified atom stereocenters. The third-order valence-electron chi connectivity index (χ3n) is 2.94. The van der Waals surface area contributed by atoms with E-state index in [0.29, 0.717) is 6.42 Å². The zero-order chi connectivity index (χ0) is 13.7. The highest BCUT2D eigenvalue weighted by Gasteiger charge is 2.04. The number of rotatable bonds is 4. The number of nitrogens with one attached hydrogen (secondary N) is 1. The second-order valence-electron chi connectivity index (χ2n) is 4.50. The van der Waals surface area contributed by atoms with E-state index in [4.69, 9.17) is 0 Å². The molecule has 0 bridgehead atoms. The zero-order valence-electron chi connectivity index (χ0n) is 10.8. The van der Waals surface area contributed by atoms with Gasteiger partial charge in [-0.25, -0.2) is 0 Å². The van der Waals surface area contributed by atoms with Crippen LogP contribution in [0.15, 0.2) is 48.5 Å². The molecule has 0 saturated heterocycles. The van der Waals surface area contributed by atoms with Crippen molar-refractivity contribution in [2.75, 3.05) is 5.32 Å². The van der Waals surface area contributed by atoms with Crippen LogP contribution in [0.3, 0.4) is 0 Å². The van der Waals surface area contributed by atoms with Crippen molar-refractivity contribution in [3.63, 3.8) is 0 Å². The molecule has 2 aromatic carbocycles. The van der Waals surface area contributed by atoms with Crippen molar-refractivity contribution in [3.05, 3.63) is 63.2 Å². The van der Waals surface area contributed by atoms with E-state index >= 15 is 0 Å². The number of carbonyl (C=O) groups is 1. The lowest BCUT2D eigenvalue weighted by molar-refractivity contribution is -0.116. The summed E-state index contributed by atoms with van der Waals surface area (Å²) < 4.78 is 1.17. The molecule has 0 aliphatic rings. The van der Waals surface area contributed by atoms with Crippen molar-refractivity contribution < 1.29 is 4.79 Å². The molecule has 3 heteroatoms. The van der Waals surface area contributed by atoms with E-state index in [0.717, 1.165) is 12.1 Å². The van der Waals surface area contributed by atoms with E-state index in [-0.39, 0.29) is 5.91 Å². The monoisotopic (exact) mass is 365 g/mol. The molecule has 0 saturated carbocycles. The number of benzene rings is 2. The Morgan fingerprint density at radius 2 is 1.89 bits per heavy atom. The van der Waals surface area contributed by atoms with Gasteiger partial charge in [-0.1, -0.05) is 36.4 Å². The van der Waals surface area contributed by atoms with E-state index in [1.165, 1.54) is 14.7 Å². The number of halogens is 1. The summed E-state index contributed by atoms with van der Waals surface area (Å²) in [5.74, 6) is 0.0588. The molecule has 0 aromatic heterocycles. The van der Waals surface area contributed by atoms with E-state index in [1.807, 2.05) is 48.5 Å². The first-order valence-electron chi connectivity index (χ1n) is 6.25. The molecule has 0 heterocycles. The summed E-state index contributed by atoms with van der Waals surface area (Å²) in [6, 6.07) is 16.0. The molecule has 98 valence electrons. The maximum atomic E-state index is 11.9. The molecule has 0 spiro atoms. The third kappa shape index (κ3) is 4.35. The van der Waals surface area contributed by atoms with Crippen LogP contribution >= 0.6 is 22.6 Å². The lowest BCUT2D eigenvalue weighted by Gasteiger charge is -2.07. The zero-order valence-corrected chi connectivity index (χ0v) is 13.0. The van der Waals surface area contributed by atoms with Gasteiger partial charge < -0.3 is 5.32 Å². The van der Waals surface area contributed by atoms with Crippen molar-refractivity contribution in [2.45, 2.75) is 19.8 Å². The minimum Gasteiger partial charge on any atom is -0.326 e. The Bertz CT molecular complexity index is 566. The summed E-state index contributed by atoms with van der Waals surface area (Å²) >= 11 is 2.28. The average Bonchev–Trinajstić information content (AvgIpc) is 2.42. The van der Waals surface area contributed by atoms with E-state index in [1.54, 1.807) is 0 Å². The first kappa shape index (κ1) is 14.1. The highest BCUT2D eigenvalue weighted by molar-refractivity contribution is 14.1. The van der Waals surface area contributed by atoms with Gasteiger partial charge in [0, 0.05) is 15.7 Å². The molecular formula is C16H16INO. The van der Waals surface area contributed by atoms with Gasteiger partial charge in [0.1, 0.15) is 0 Å². The first-order valence-corrected chi connectivity index (χ1v) is 7.33. The maximum absolute atomic E-state index is 11.9. The average molecular weight is 365 g/mol. The number of aryl methyl sites for hydroxylation is 2. The van der Waals surface area contributed by atoms with Gasteiger partial charge in [-0.2, -0.15) is 0 Å². The topological polar surface area (TPSA) is 29.1 Å². The van der Waals surface area contributed by atoms with Gasteiger partial charge in [0.25, 0.3) is 0 Å². The molecule has 2 nitrogen and oxygen atoms in total. The fourth-order valence-electron chi connectivity index (χ4n) is 1.80. The Morgan fingerprint density at radius 1 is 1.16 bits per heavy atom. The number of hydrogen-bond donors (Lipinski definition) is 1.